The van der Waals surface area contributed by atoms with E-state index in [2.05, 4.69) is 5.32 Å². The van der Waals surface area contributed by atoms with Gasteiger partial charge in [0.15, 0.2) is 0 Å². The molecule has 9 heteroatoms. The Bertz CT molecular complexity index is 482. The molecule has 0 aliphatic rings. The van der Waals surface area contributed by atoms with Crippen molar-refractivity contribution in [2.45, 2.75) is 19.6 Å². The van der Waals surface area contributed by atoms with E-state index in [1.807, 2.05) is 0 Å². The van der Waals surface area contributed by atoms with Crippen molar-refractivity contribution in [2.75, 3.05) is 6.54 Å². The Labute approximate surface area is 105 Å². The van der Waals surface area contributed by atoms with Crippen LogP contribution in [0.3, 0.4) is 0 Å². The smallest absolute Gasteiger partial charge is 0.405 e. The number of urea groups is 1. The van der Waals surface area contributed by atoms with E-state index in [0.717, 1.165) is 0 Å². The fourth-order valence-corrected chi connectivity index (χ4v) is 1.25. The average molecular weight is 280 g/mol. The highest BCUT2D eigenvalue weighted by molar-refractivity contribution is 5.88. The van der Waals surface area contributed by atoms with E-state index in [1.54, 1.807) is 5.32 Å². The van der Waals surface area contributed by atoms with E-state index in [-0.39, 0.29) is 23.6 Å². The molecule has 2 amide bonds. The molecule has 1 aromatic heterocycles. The van der Waals surface area contributed by atoms with Gasteiger partial charge in [0, 0.05) is 0 Å². The van der Waals surface area contributed by atoms with Crippen molar-refractivity contribution in [3.8, 4) is 0 Å². The van der Waals surface area contributed by atoms with Crippen LogP contribution in [0.4, 0.5) is 18.0 Å². The van der Waals surface area contributed by atoms with Gasteiger partial charge < -0.3 is 20.2 Å². The van der Waals surface area contributed by atoms with Gasteiger partial charge in [-0.15, -0.1) is 0 Å². The summed E-state index contributed by atoms with van der Waals surface area (Å²) in [7, 11) is 0. The van der Waals surface area contributed by atoms with Gasteiger partial charge in [0.2, 0.25) is 0 Å². The maximum atomic E-state index is 11.8. The topological polar surface area (TPSA) is 91.6 Å². The third-order valence-corrected chi connectivity index (χ3v) is 2.07. The second-order valence-corrected chi connectivity index (χ2v) is 3.64. The van der Waals surface area contributed by atoms with Gasteiger partial charge in [0.05, 0.1) is 6.54 Å². The number of amides is 2. The molecule has 106 valence electrons. The summed E-state index contributed by atoms with van der Waals surface area (Å²) >= 11 is 0. The number of furan rings is 1. The van der Waals surface area contributed by atoms with E-state index in [9.17, 15) is 22.8 Å². The second-order valence-electron chi connectivity index (χ2n) is 3.64. The summed E-state index contributed by atoms with van der Waals surface area (Å²) in [6.07, 6.45) is -4.49. The molecule has 0 atom stereocenters. The third-order valence-electron chi connectivity index (χ3n) is 2.07. The van der Waals surface area contributed by atoms with Gasteiger partial charge in [-0.2, -0.15) is 13.2 Å². The van der Waals surface area contributed by atoms with Crippen LogP contribution in [0.25, 0.3) is 0 Å². The zero-order chi connectivity index (χ0) is 14.6. The van der Waals surface area contributed by atoms with E-state index in [1.165, 1.54) is 13.0 Å². The first kappa shape index (κ1) is 14.9. The quantitative estimate of drug-likeness (QED) is 0.782. The largest absolute Gasteiger partial charge is 0.478 e. The number of hydrogen-bond acceptors (Lipinski definition) is 3. The summed E-state index contributed by atoms with van der Waals surface area (Å²) in [5, 5.41) is 12.5. The lowest BCUT2D eigenvalue weighted by molar-refractivity contribution is -0.122. The van der Waals surface area contributed by atoms with Crippen LogP contribution in [0.5, 0.6) is 0 Å². The van der Waals surface area contributed by atoms with Crippen LogP contribution in [-0.2, 0) is 6.54 Å². The van der Waals surface area contributed by atoms with Crippen molar-refractivity contribution in [3.63, 3.8) is 0 Å². The van der Waals surface area contributed by atoms with Crippen molar-refractivity contribution >= 4 is 12.0 Å². The van der Waals surface area contributed by atoms with Gasteiger partial charge in [-0.05, 0) is 13.0 Å². The molecular weight excluding hydrogens is 269 g/mol. The van der Waals surface area contributed by atoms with Crippen molar-refractivity contribution in [3.05, 3.63) is 23.2 Å². The van der Waals surface area contributed by atoms with E-state index in [4.69, 9.17) is 9.52 Å². The van der Waals surface area contributed by atoms with E-state index < -0.39 is 24.7 Å². The van der Waals surface area contributed by atoms with Gasteiger partial charge in [0.1, 0.15) is 23.6 Å². The first-order chi connectivity index (χ1) is 8.69. The summed E-state index contributed by atoms with van der Waals surface area (Å²) < 4.78 is 40.4. The van der Waals surface area contributed by atoms with Gasteiger partial charge in [-0.1, -0.05) is 0 Å². The number of aromatic carboxylic acids is 1. The molecule has 0 fully saturated rings. The number of alkyl halides is 3. The van der Waals surface area contributed by atoms with Gasteiger partial charge in [0.25, 0.3) is 0 Å². The first-order valence-corrected chi connectivity index (χ1v) is 5.10. The number of nitrogens with one attached hydrogen (secondary N) is 2. The minimum Gasteiger partial charge on any atom is -0.478 e. The molecule has 0 aromatic carbocycles. The second kappa shape index (κ2) is 5.63. The summed E-state index contributed by atoms with van der Waals surface area (Å²) in [6, 6.07) is 0.171. The number of carbonyl (C=O) groups excluding carboxylic acids is 1. The predicted molar refractivity (Wildman–Crippen MR) is 56.7 cm³/mol. The van der Waals surface area contributed by atoms with Crippen LogP contribution in [0.2, 0.25) is 0 Å². The Hall–Kier alpha value is -2.19. The molecule has 0 bridgehead atoms. The van der Waals surface area contributed by atoms with Crippen LogP contribution in [-0.4, -0.2) is 29.8 Å². The van der Waals surface area contributed by atoms with Gasteiger partial charge in [-0.3, -0.25) is 0 Å². The zero-order valence-corrected chi connectivity index (χ0v) is 9.80. The maximum Gasteiger partial charge on any atom is 0.405 e. The number of halogens is 3. The summed E-state index contributed by atoms with van der Waals surface area (Å²) in [5.74, 6) is -0.897. The molecule has 0 radical (unpaired) electrons. The Morgan fingerprint density at radius 3 is 2.47 bits per heavy atom. The Kier molecular flexibility index (Phi) is 4.41. The van der Waals surface area contributed by atoms with Crippen LogP contribution < -0.4 is 10.6 Å². The summed E-state index contributed by atoms with van der Waals surface area (Å²) in [4.78, 5) is 21.7. The molecular formula is C10H11F3N2O4. The minimum atomic E-state index is -4.49. The van der Waals surface area contributed by atoms with Crippen LogP contribution in [0, 0.1) is 6.92 Å². The van der Waals surface area contributed by atoms with Crippen LogP contribution in [0.15, 0.2) is 10.5 Å². The monoisotopic (exact) mass is 280 g/mol. The normalized spacial score (nSPS) is 11.2. The third kappa shape index (κ3) is 4.90. The number of hydrogen-bond donors (Lipinski definition) is 3. The minimum absolute atomic E-state index is 0.0625. The first-order valence-electron chi connectivity index (χ1n) is 5.10. The molecule has 0 saturated heterocycles. The van der Waals surface area contributed by atoms with Crippen LogP contribution in [0.1, 0.15) is 21.9 Å². The number of rotatable bonds is 4. The molecule has 0 aliphatic carbocycles. The van der Waals surface area contributed by atoms with Crippen molar-refractivity contribution in [1.29, 1.82) is 0 Å². The molecule has 0 saturated carbocycles. The molecule has 1 aromatic rings. The molecule has 19 heavy (non-hydrogen) atoms. The molecule has 0 spiro atoms. The lowest BCUT2D eigenvalue weighted by Gasteiger charge is -2.08. The lowest BCUT2D eigenvalue weighted by atomic mass is 10.2. The number of aryl methyl sites for hydroxylation is 1. The fraction of sp³-hybridized carbons (Fsp3) is 0.400. The van der Waals surface area contributed by atoms with Crippen molar-refractivity contribution in [1.82, 2.24) is 10.6 Å². The average Bonchev–Trinajstić information content (AvgIpc) is 2.64. The zero-order valence-electron chi connectivity index (χ0n) is 9.80. The maximum absolute atomic E-state index is 11.8. The SMILES string of the molecule is Cc1oc(CNC(=O)NCC(F)(F)F)cc1C(=O)O. The molecule has 1 heterocycles. The Balaban J connectivity index is 2.47. The van der Waals surface area contributed by atoms with Gasteiger partial charge in [-0.25, -0.2) is 9.59 Å². The Morgan fingerprint density at radius 2 is 2.00 bits per heavy atom. The summed E-state index contributed by atoms with van der Waals surface area (Å²) in [5.41, 5.74) is -0.0625. The highest BCUT2D eigenvalue weighted by Crippen LogP contribution is 2.14. The number of carbonyl (C=O) groups is 2. The molecule has 3 N–H and O–H groups in total. The van der Waals surface area contributed by atoms with Crippen molar-refractivity contribution in [2.24, 2.45) is 0 Å². The molecule has 1 rings (SSSR count). The summed E-state index contributed by atoms with van der Waals surface area (Å²) in [6.45, 7) is -0.231. The van der Waals surface area contributed by atoms with Gasteiger partial charge >= 0.3 is 18.2 Å². The van der Waals surface area contributed by atoms with E-state index >= 15 is 0 Å². The standard InChI is InChI=1S/C10H11F3N2O4/c1-5-7(8(16)17)2-6(19-5)3-14-9(18)15-4-10(11,12)13/h2H,3-4H2,1H3,(H,16,17)(H2,14,15,18). The molecule has 0 unspecified atom stereocenters. The Morgan fingerprint density at radius 1 is 1.37 bits per heavy atom. The van der Waals surface area contributed by atoms with E-state index in [0.29, 0.717) is 0 Å². The predicted octanol–water partition coefficient (Wildman–Crippen LogP) is 1.65. The molecule has 6 nitrogen and oxygen atoms in total. The number of carboxylic acid groups (broad SMARTS) is 1. The van der Waals surface area contributed by atoms with Crippen LogP contribution >= 0.6 is 0 Å². The lowest BCUT2D eigenvalue weighted by Crippen LogP contribution is -2.40. The fourth-order valence-electron chi connectivity index (χ4n) is 1.25. The highest BCUT2D eigenvalue weighted by atomic mass is 19.4. The number of carboxylic acids is 1. The van der Waals surface area contributed by atoms with Crippen molar-refractivity contribution < 1.29 is 32.3 Å². The molecule has 0 aliphatic heterocycles. The highest BCUT2D eigenvalue weighted by Gasteiger charge is 2.27.